The van der Waals surface area contributed by atoms with Crippen LogP contribution in [-0.4, -0.2) is 0 Å². The first-order chi connectivity index (χ1) is 8.86. The molecule has 1 nitrogen and oxygen atoms in total. The van der Waals surface area contributed by atoms with Crippen molar-refractivity contribution in [3.63, 3.8) is 0 Å². The maximum Gasteiger partial charge on any atom is 0.0612 e. The van der Waals surface area contributed by atoms with E-state index in [1.807, 2.05) is 23.5 Å². The highest BCUT2D eigenvalue weighted by Gasteiger charge is 2.15. The summed E-state index contributed by atoms with van der Waals surface area (Å²) >= 11 is 13.7. The summed E-state index contributed by atoms with van der Waals surface area (Å²) in [5, 5.41) is 4.52. The normalized spacial score (nSPS) is 11.6. The lowest BCUT2D eigenvalue weighted by atomic mass is 9.95. The second kappa shape index (κ2) is 5.74. The van der Waals surface area contributed by atoms with E-state index >= 15 is 0 Å². The summed E-state index contributed by atoms with van der Waals surface area (Å²) in [5.41, 5.74) is 1.20. The van der Waals surface area contributed by atoms with Crippen LogP contribution < -0.4 is 5.32 Å². The van der Waals surface area contributed by atoms with Gasteiger partial charge in [0.2, 0.25) is 0 Å². The second-order valence-electron chi connectivity index (χ2n) is 5.50. The first kappa shape index (κ1) is 14.7. The van der Waals surface area contributed by atoms with E-state index < -0.39 is 0 Å². The number of hydrogen-bond acceptors (Lipinski definition) is 2. The van der Waals surface area contributed by atoms with Gasteiger partial charge < -0.3 is 5.32 Å². The van der Waals surface area contributed by atoms with Crippen LogP contribution in [-0.2, 0) is 12.0 Å². The van der Waals surface area contributed by atoms with Crippen LogP contribution in [0.5, 0.6) is 0 Å². The van der Waals surface area contributed by atoms with E-state index in [1.54, 1.807) is 6.07 Å². The van der Waals surface area contributed by atoms with Gasteiger partial charge in [-0.1, -0.05) is 44.0 Å². The maximum absolute atomic E-state index is 5.99. The molecule has 1 aromatic heterocycles. The van der Waals surface area contributed by atoms with Gasteiger partial charge in [0.05, 0.1) is 10.0 Å². The predicted octanol–water partition coefficient (Wildman–Crippen LogP) is 5.96. The average molecular weight is 314 g/mol. The Hall–Kier alpha value is -0.700. The zero-order valence-electron chi connectivity index (χ0n) is 11.3. The molecule has 2 rings (SSSR count). The molecule has 0 bridgehead atoms. The number of benzene rings is 1. The Labute approximate surface area is 128 Å². The highest BCUT2D eigenvalue weighted by atomic mass is 35.5. The van der Waals surface area contributed by atoms with E-state index in [1.165, 1.54) is 9.75 Å². The molecular formula is C15H17Cl2NS. The van der Waals surface area contributed by atoms with Crippen molar-refractivity contribution in [1.82, 2.24) is 0 Å². The molecule has 0 saturated heterocycles. The lowest BCUT2D eigenvalue weighted by molar-refractivity contribution is 0.604. The Morgan fingerprint density at radius 2 is 1.79 bits per heavy atom. The standard InChI is InChI=1S/C15H17Cl2NS/c1-15(2,3)14-7-5-11(19-14)9-18-10-4-6-12(16)13(17)8-10/h4-8,18H,9H2,1-3H3. The van der Waals surface area contributed by atoms with Gasteiger partial charge in [0.1, 0.15) is 0 Å². The van der Waals surface area contributed by atoms with E-state index in [4.69, 9.17) is 23.2 Å². The highest BCUT2D eigenvalue weighted by molar-refractivity contribution is 7.12. The van der Waals surface area contributed by atoms with Gasteiger partial charge in [-0.2, -0.15) is 0 Å². The van der Waals surface area contributed by atoms with Gasteiger partial charge in [-0.15, -0.1) is 11.3 Å². The van der Waals surface area contributed by atoms with Crippen LogP contribution in [0.25, 0.3) is 0 Å². The summed E-state index contributed by atoms with van der Waals surface area (Å²) in [6.07, 6.45) is 0. The Morgan fingerprint density at radius 3 is 2.37 bits per heavy atom. The van der Waals surface area contributed by atoms with Crippen molar-refractivity contribution < 1.29 is 0 Å². The van der Waals surface area contributed by atoms with Crippen molar-refractivity contribution in [1.29, 1.82) is 0 Å². The summed E-state index contributed by atoms with van der Waals surface area (Å²) in [5.74, 6) is 0. The number of halogens is 2. The van der Waals surface area contributed by atoms with Gasteiger partial charge in [-0.25, -0.2) is 0 Å². The zero-order valence-corrected chi connectivity index (χ0v) is 13.6. The predicted molar refractivity (Wildman–Crippen MR) is 86.8 cm³/mol. The minimum Gasteiger partial charge on any atom is -0.380 e. The van der Waals surface area contributed by atoms with E-state index in [-0.39, 0.29) is 5.41 Å². The van der Waals surface area contributed by atoms with Crippen LogP contribution in [0.15, 0.2) is 30.3 Å². The Kier molecular flexibility index (Phi) is 4.44. The first-order valence-corrected chi connectivity index (χ1v) is 7.71. The van der Waals surface area contributed by atoms with Crippen LogP contribution in [0.4, 0.5) is 5.69 Å². The Morgan fingerprint density at radius 1 is 1.05 bits per heavy atom. The average Bonchev–Trinajstić information content (AvgIpc) is 2.79. The third-order valence-corrected chi connectivity index (χ3v) is 5.04. The molecule has 1 N–H and O–H groups in total. The minimum absolute atomic E-state index is 0.215. The Balaban J connectivity index is 2.02. The summed E-state index contributed by atoms with van der Waals surface area (Å²) in [6.45, 7) is 7.50. The molecule has 0 saturated carbocycles. The van der Waals surface area contributed by atoms with Crippen molar-refractivity contribution in [2.45, 2.75) is 32.7 Å². The van der Waals surface area contributed by atoms with Crippen molar-refractivity contribution in [2.24, 2.45) is 0 Å². The SMILES string of the molecule is CC(C)(C)c1ccc(CNc2ccc(Cl)c(Cl)c2)s1. The molecule has 0 amide bonds. The lowest BCUT2D eigenvalue weighted by Crippen LogP contribution is -2.07. The number of thiophene rings is 1. The number of hydrogen-bond donors (Lipinski definition) is 1. The van der Waals surface area contributed by atoms with Crippen molar-refractivity contribution in [3.8, 4) is 0 Å². The summed E-state index contributed by atoms with van der Waals surface area (Å²) in [4.78, 5) is 2.72. The summed E-state index contributed by atoms with van der Waals surface area (Å²) < 4.78 is 0. The Bertz CT molecular complexity index is 570. The molecule has 1 aromatic carbocycles. The van der Waals surface area contributed by atoms with Crippen LogP contribution in [0.1, 0.15) is 30.5 Å². The highest BCUT2D eigenvalue weighted by Crippen LogP contribution is 2.30. The fraction of sp³-hybridized carbons (Fsp3) is 0.333. The van der Waals surface area contributed by atoms with Crippen LogP contribution >= 0.6 is 34.5 Å². The van der Waals surface area contributed by atoms with E-state index in [0.29, 0.717) is 10.0 Å². The van der Waals surface area contributed by atoms with E-state index in [2.05, 4.69) is 38.2 Å². The molecule has 102 valence electrons. The van der Waals surface area contributed by atoms with Crippen LogP contribution in [0.2, 0.25) is 10.0 Å². The van der Waals surface area contributed by atoms with Gasteiger partial charge in [-0.05, 0) is 35.7 Å². The van der Waals surface area contributed by atoms with Gasteiger partial charge in [-0.3, -0.25) is 0 Å². The van der Waals surface area contributed by atoms with Gasteiger partial charge in [0, 0.05) is 22.0 Å². The molecule has 1 heterocycles. The molecule has 0 aliphatic carbocycles. The monoisotopic (exact) mass is 313 g/mol. The smallest absolute Gasteiger partial charge is 0.0612 e. The number of anilines is 1. The van der Waals surface area contributed by atoms with Crippen molar-refractivity contribution >= 4 is 40.2 Å². The third kappa shape index (κ3) is 3.88. The molecule has 0 aliphatic heterocycles. The van der Waals surface area contributed by atoms with Gasteiger partial charge >= 0.3 is 0 Å². The fourth-order valence-corrected chi connectivity index (χ4v) is 2.97. The van der Waals surface area contributed by atoms with Gasteiger partial charge in [0.15, 0.2) is 0 Å². The fourth-order valence-electron chi connectivity index (χ4n) is 1.67. The largest absolute Gasteiger partial charge is 0.380 e. The van der Waals surface area contributed by atoms with Crippen LogP contribution in [0.3, 0.4) is 0 Å². The molecule has 0 spiro atoms. The maximum atomic E-state index is 5.99. The topological polar surface area (TPSA) is 12.0 Å². The van der Waals surface area contributed by atoms with Crippen molar-refractivity contribution in [2.75, 3.05) is 5.32 Å². The quantitative estimate of drug-likeness (QED) is 0.736. The molecule has 0 aliphatic rings. The molecule has 0 unspecified atom stereocenters. The molecule has 19 heavy (non-hydrogen) atoms. The lowest BCUT2D eigenvalue weighted by Gasteiger charge is -2.15. The second-order valence-corrected chi connectivity index (χ2v) is 7.48. The van der Waals surface area contributed by atoms with E-state index in [0.717, 1.165) is 12.2 Å². The molecule has 0 fully saturated rings. The summed E-state index contributed by atoms with van der Waals surface area (Å²) in [6, 6.07) is 9.97. The van der Waals surface area contributed by atoms with Crippen LogP contribution in [0, 0.1) is 0 Å². The zero-order chi connectivity index (χ0) is 14.0. The summed E-state index contributed by atoms with van der Waals surface area (Å²) in [7, 11) is 0. The van der Waals surface area contributed by atoms with Gasteiger partial charge in [0.25, 0.3) is 0 Å². The molecule has 0 radical (unpaired) electrons. The number of rotatable bonds is 3. The third-order valence-electron chi connectivity index (χ3n) is 2.79. The molecule has 0 atom stereocenters. The van der Waals surface area contributed by atoms with Crippen molar-refractivity contribution in [3.05, 3.63) is 50.1 Å². The first-order valence-electron chi connectivity index (χ1n) is 6.14. The number of nitrogens with one attached hydrogen (secondary N) is 1. The minimum atomic E-state index is 0.215. The molecule has 4 heteroatoms. The molecule has 2 aromatic rings. The molecular weight excluding hydrogens is 297 g/mol. The van der Waals surface area contributed by atoms with E-state index in [9.17, 15) is 0 Å².